The van der Waals surface area contributed by atoms with E-state index in [1.807, 2.05) is 0 Å². The van der Waals surface area contributed by atoms with Crippen LogP contribution in [0.15, 0.2) is 41.3 Å². The van der Waals surface area contributed by atoms with Crippen molar-refractivity contribution in [2.24, 2.45) is 0 Å². The van der Waals surface area contributed by atoms with Gasteiger partial charge in [-0.2, -0.15) is 0 Å². The fourth-order valence-corrected chi connectivity index (χ4v) is 3.60. The van der Waals surface area contributed by atoms with E-state index >= 15 is 0 Å². The summed E-state index contributed by atoms with van der Waals surface area (Å²) in [6.45, 7) is 1.53. The van der Waals surface area contributed by atoms with E-state index in [0.717, 1.165) is 9.15 Å². The van der Waals surface area contributed by atoms with Crippen LogP contribution in [0.2, 0.25) is 0 Å². The van der Waals surface area contributed by atoms with Crippen LogP contribution in [0, 0.1) is 0 Å². The maximum atomic E-state index is 12.6. The molecule has 1 amide bonds. The number of hydrogen-bond acceptors (Lipinski definition) is 8. The number of ether oxygens (including phenoxy) is 2. The summed E-state index contributed by atoms with van der Waals surface area (Å²) in [7, 11) is 2.23. The van der Waals surface area contributed by atoms with Gasteiger partial charge in [0.1, 0.15) is 11.0 Å². The molecule has 0 fully saturated rings. The Morgan fingerprint density at radius 1 is 1.10 bits per heavy atom. The molecular weight excluding hydrogens is 426 g/mol. The average molecular weight is 449 g/mol. The topological polar surface area (TPSA) is 125 Å². The van der Waals surface area contributed by atoms with Crippen LogP contribution in [0.4, 0.5) is 5.69 Å². The van der Waals surface area contributed by atoms with Gasteiger partial charge in [-0.1, -0.05) is 4.85 Å². The highest BCUT2D eigenvalue weighted by molar-refractivity contribution is 7.89. The lowest BCUT2D eigenvalue weighted by atomic mass is 10.2. The predicted molar refractivity (Wildman–Crippen MR) is 113 cm³/mol. The van der Waals surface area contributed by atoms with Crippen molar-refractivity contribution in [3.8, 4) is 11.5 Å². The minimum absolute atomic E-state index is 0.0552. The first kappa shape index (κ1) is 22.3. The van der Waals surface area contributed by atoms with Crippen molar-refractivity contribution in [2.75, 3.05) is 33.6 Å². The van der Waals surface area contributed by atoms with Crippen LogP contribution in [-0.4, -0.2) is 68.2 Å². The molecule has 1 N–H and O–H groups in total. The quantitative estimate of drug-likeness (QED) is 0.543. The molecule has 3 aromatic rings. The molecule has 3 rings (SSSR count). The summed E-state index contributed by atoms with van der Waals surface area (Å²) in [6.07, 6.45) is -0.966. The van der Waals surface area contributed by atoms with Gasteiger partial charge in [0.05, 0.1) is 19.1 Å². The van der Waals surface area contributed by atoms with Gasteiger partial charge in [0.25, 0.3) is 5.91 Å². The zero-order valence-electron chi connectivity index (χ0n) is 17.7. The second kappa shape index (κ2) is 8.78. The van der Waals surface area contributed by atoms with Gasteiger partial charge in [-0.05, 0) is 42.5 Å². The van der Waals surface area contributed by atoms with E-state index in [4.69, 9.17) is 14.3 Å². The first-order valence-electron chi connectivity index (χ1n) is 9.15. The summed E-state index contributed by atoms with van der Waals surface area (Å²) in [5.41, 5.74) is 1.22. The second-order valence-corrected chi connectivity index (χ2v) is 8.86. The molecule has 11 nitrogen and oxygen atoms in total. The number of benzene rings is 2. The van der Waals surface area contributed by atoms with Gasteiger partial charge in [-0.3, -0.25) is 4.79 Å². The lowest BCUT2D eigenvalue weighted by molar-refractivity contribution is -0.127. The molecular formula is C19H23N5O6S. The molecule has 31 heavy (non-hydrogen) atoms. The molecule has 0 aliphatic heterocycles. The van der Waals surface area contributed by atoms with E-state index in [1.165, 1.54) is 53.4 Å². The number of rotatable bonds is 8. The van der Waals surface area contributed by atoms with Crippen LogP contribution in [0.3, 0.4) is 0 Å². The fraction of sp³-hybridized carbons (Fsp3) is 0.316. The van der Waals surface area contributed by atoms with Gasteiger partial charge in [-0.25, -0.2) is 12.7 Å². The van der Waals surface area contributed by atoms with Crippen molar-refractivity contribution in [2.45, 2.75) is 17.9 Å². The van der Waals surface area contributed by atoms with Gasteiger partial charge in [0, 0.05) is 25.8 Å². The lowest BCUT2D eigenvalue weighted by Gasteiger charge is -2.15. The van der Waals surface area contributed by atoms with Crippen molar-refractivity contribution < 1.29 is 27.5 Å². The van der Waals surface area contributed by atoms with Crippen LogP contribution in [0.25, 0.3) is 11.0 Å². The number of aromatic nitrogens is 3. The Labute approximate surface area is 179 Å². The number of carbonyl (C=O) groups excluding carboxylic acids is 1. The molecule has 0 aliphatic rings. The Bertz CT molecular complexity index is 1210. The molecule has 0 saturated heterocycles. The van der Waals surface area contributed by atoms with Crippen LogP contribution in [-0.2, 0) is 14.8 Å². The molecule has 166 valence electrons. The molecule has 2 aromatic carbocycles. The molecule has 1 heterocycles. The zero-order valence-corrected chi connectivity index (χ0v) is 18.5. The molecule has 12 heteroatoms. The second-order valence-electron chi connectivity index (χ2n) is 6.71. The lowest BCUT2D eigenvalue weighted by Crippen LogP contribution is -2.35. The molecule has 0 bridgehead atoms. The molecule has 0 aliphatic carbocycles. The highest BCUT2D eigenvalue weighted by atomic mass is 32.2. The van der Waals surface area contributed by atoms with Crippen LogP contribution >= 0.6 is 0 Å². The Morgan fingerprint density at radius 2 is 1.81 bits per heavy atom. The number of fused-ring (bicyclic) bond motifs is 1. The van der Waals surface area contributed by atoms with Crippen molar-refractivity contribution >= 4 is 32.7 Å². The standard InChI is InChI=1S/C19H23N5O6S/c1-12(19(25)20-13-6-9-17(28-4)18(10-13)29-5)30-24-16-11-14(31(26,27)23(2)3)7-8-15(16)21-22-24/h6-12H,1-5H3,(H,20,25). The summed E-state index contributed by atoms with van der Waals surface area (Å²) in [5, 5.41) is 10.5. The molecule has 1 aromatic heterocycles. The molecule has 0 spiro atoms. The number of nitrogens with one attached hydrogen (secondary N) is 1. The minimum Gasteiger partial charge on any atom is -0.493 e. The summed E-state index contributed by atoms with van der Waals surface area (Å²) in [4.78, 5) is 19.3. The third kappa shape index (κ3) is 4.54. The smallest absolute Gasteiger partial charge is 0.267 e. The van der Waals surface area contributed by atoms with Gasteiger partial charge >= 0.3 is 0 Å². The summed E-state index contributed by atoms with van der Waals surface area (Å²) in [6, 6.07) is 9.29. The Hall–Kier alpha value is -3.38. The zero-order chi connectivity index (χ0) is 22.8. The average Bonchev–Trinajstić information content (AvgIpc) is 3.15. The minimum atomic E-state index is -3.65. The van der Waals surface area contributed by atoms with Crippen molar-refractivity contribution in [1.82, 2.24) is 19.5 Å². The SMILES string of the molecule is COc1ccc(NC(=O)C(C)On2nnc3ccc(S(=O)(=O)N(C)C)cc32)cc1OC. The molecule has 1 atom stereocenters. The monoisotopic (exact) mass is 449 g/mol. The van der Waals surface area contributed by atoms with Gasteiger partial charge in [-0.15, -0.1) is 5.10 Å². The van der Waals surface area contributed by atoms with E-state index in [1.54, 1.807) is 18.2 Å². The maximum absolute atomic E-state index is 12.6. The van der Waals surface area contributed by atoms with Crippen LogP contribution in [0.5, 0.6) is 11.5 Å². The van der Waals surface area contributed by atoms with Gasteiger partial charge < -0.3 is 19.6 Å². The van der Waals surface area contributed by atoms with Gasteiger partial charge in [0.2, 0.25) is 16.1 Å². The van der Waals surface area contributed by atoms with Crippen molar-refractivity contribution in [1.29, 1.82) is 0 Å². The van der Waals surface area contributed by atoms with Gasteiger partial charge in [0.15, 0.2) is 11.5 Å². The van der Waals surface area contributed by atoms with E-state index in [9.17, 15) is 13.2 Å². The fourth-order valence-electron chi connectivity index (χ4n) is 2.68. The summed E-state index contributed by atoms with van der Waals surface area (Å²) in [5.74, 6) is 0.543. The largest absolute Gasteiger partial charge is 0.493 e. The number of anilines is 1. The Morgan fingerprint density at radius 3 is 2.45 bits per heavy atom. The highest BCUT2D eigenvalue weighted by Crippen LogP contribution is 2.29. The number of methoxy groups -OCH3 is 2. The maximum Gasteiger partial charge on any atom is 0.267 e. The first-order chi connectivity index (χ1) is 14.7. The van der Waals surface area contributed by atoms with E-state index in [-0.39, 0.29) is 4.90 Å². The number of nitrogens with zero attached hydrogens (tertiary/aromatic N) is 4. The first-order valence-corrected chi connectivity index (χ1v) is 10.6. The van der Waals surface area contributed by atoms with Crippen molar-refractivity contribution in [3.63, 3.8) is 0 Å². The Balaban J connectivity index is 1.80. The summed E-state index contributed by atoms with van der Waals surface area (Å²) >= 11 is 0. The van der Waals surface area contributed by atoms with Crippen LogP contribution < -0.4 is 19.6 Å². The van der Waals surface area contributed by atoms with E-state index < -0.39 is 22.0 Å². The predicted octanol–water partition coefficient (Wildman–Crippen LogP) is 1.15. The van der Waals surface area contributed by atoms with Crippen LogP contribution in [0.1, 0.15) is 6.92 Å². The molecule has 1 unspecified atom stereocenters. The number of amides is 1. The summed E-state index contributed by atoms with van der Waals surface area (Å²) < 4.78 is 36.3. The molecule has 0 radical (unpaired) electrons. The van der Waals surface area contributed by atoms with E-state index in [2.05, 4.69) is 15.6 Å². The third-order valence-corrected chi connectivity index (χ3v) is 6.25. The molecule has 0 saturated carbocycles. The number of hydrogen-bond donors (Lipinski definition) is 1. The number of carbonyl (C=O) groups is 1. The number of sulfonamides is 1. The third-order valence-electron chi connectivity index (χ3n) is 4.44. The normalized spacial score (nSPS) is 12.6. The highest BCUT2D eigenvalue weighted by Gasteiger charge is 2.21. The Kier molecular flexibility index (Phi) is 6.32. The van der Waals surface area contributed by atoms with Crippen molar-refractivity contribution in [3.05, 3.63) is 36.4 Å². The van der Waals surface area contributed by atoms with E-state index in [0.29, 0.717) is 28.2 Å².